The Labute approximate surface area is 123 Å². The van der Waals surface area contributed by atoms with Crippen molar-refractivity contribution in [2.45, 2.75) is 51.0 Å². The van der Waals surface area contributed by atoms with Gasteiger partial charge in [-0.2, -0.15) is 0 Å². The lowest BCUT2D eigenvalue weighted by Gasteiger charge is -2.44. The summed E-state index contributed by atoms with van der Waals surface area (Å²) in [5, 5.41) is 3.26. The molecular weight excluding hydrogens is 250 g/mol. The predicted molar refractivity (Wildman–Crippen MR) is 82.7 cm³/mol. The number of carbonyl (C=O) groups excluding carboxylic acids is 1. The van der Waals surface area contributed by atoms with E-state index in [0.29, 0.717) is 0 Å². The van der Waals surface area contributed by atoms with Crippen LogP contribution >= 0.6 is 0 Å². The van der Waals surface area contributed by atoms with Gasteiger partial charge in [-0.3, -0.25) is 9.69 Å². The largest absolute Gasteiger partial charge is 0.354 e. The summed E-state index contributed by atoms with van der Waals surface area (Å²) >= 11 is 0. The van der Waals surface area contributed by atoms with Crippen molar-refractivity contribution < 1.29 is 4.79 Å². The lowest BCUT2D eigenvalue weighted by Crippen LogP contribution is -2.55. The van der Waals surface area contributed by atoms with Gasteiger partial charge >= 0.3 is 0 Å². The summed E-state index contributed by atoms with van der Waals surface area (Å²) in [7, 11) is 4.31. The number of nitrogens with one attached hydrogen (secondary N) is 1. The molecule has 1 atom stereocenters. The molecular formula is C16H31N3O. The van der Waals surface area contributed by atoms with Crippen LogP contribution in [0, 0.1) is 5.92 Å². The summed E-state index contributed by atoms with van der Waals surface area (Å²) in [6, 6.07) is 0. The van der Waals surface area contributed by atoms with Gasteiger partial charge in [0, 0.05) is 18.6 Å². The standard InChI is InChI=1S/C16H31N3O/c1-4-19(3)16(9-6-5-7-10-16)13-17-15(20)14-8-11-18(2)12-14/h14H,4-13H2,1-3H3,(H,17,20)/t14-/m0/s1. The molecule has 1 amide bonds. The predicted octanol–water partition coefficient (Wildman–Crippen LogP) is 1.71. The number of likely N-dealkylation sites (tertiary alicyclic amines) is 1. The minimum Gasteiger partial charge on any atom is -0.354 e. The molecule has 1 aliphatic heterocycles. The van der Waals surface area contributed by atoms with E-state index in [0.717, 1.165) is 32.6 Å². The number of nitrogens with zero attached hydrogens (tertiary/aromatic N) is 2. The van der Waals surface area contributed by atoms with Gasteiger partial charge in [0.2, 0.25) is 5.91 Å². The Balaban J connectivity index is 1.90. The fourth-order valence-electron chi connectivity index (χ4n) is 3.78. The van der Waals surface area contributed by atoms with Crippen LogP contribution in [0.5, 0.6) is 0 Å². The van der Waals surface area contributed by atoms with E-state index in [-0.39, 0.29) is 17.4 Å². The molecule has 1 saturated carbocycles. The van der Waals surface area contributed by atoms with E-state index in [1.54, 1.807) is 0 Å². The maximum atomic E-state index is 12.3. The summed E-state index contributed by atoms with van der Waals surface area (Å²) in [6.07, 6.45) is 7.41. The molecule has 2 rings (SSSR count). The topological polar surface area (TPSA) is 35.6 Å². The minimum atomic E-state index is 0.201. The summed E-state index contributed by atoms with van der Waals surface area (Å²) < 4.78 is 0. The summed E-state index contributed by atoms with van der Waals surface area (Å²) in [4.78, 5) is 17.0. The highest BCUT2D eigenvalue weighted by atomic mass is 16.1. The second-order valence-electron chi connectivity index (χ2n) is 6.76. The Bertz CT molecular complexity index is 326. The smallest absolute Gasteiger partial charge is 0.224 e. The van der Waals surface area contributed by atoms with Gasteiger partial charge in [0.15, 0.2) is 0 Å². The van der Waals surface area contributed by atoms with Gasteiger partial charge in [-0.15, -0.1) is 0 Å². The first-order chi connectivity index (χ1) is 9.57. The monoisotopic (exact) mass is 281 g/mol. The molecule has 116 valence electrons. The molecule has 1 saturated heterocycles. The maximum Gasteiger partial charge on any atom is 0.224 e. The second-order valence-corrected chi connectivity index (χ2v) is 6.76. The zero-order valence-electron chi connectivity index (χ0n) is 13.5. The van der Waals surface area contributed by atoms with Gasteiger partial charge < -0.3 is 10.2 Å². The molecule has 0 bridgehead atoms. The van der Waals surface area contributed by atoms with Crippen molar-refractivity contribution in [2.24, 2.45) is 5.92 Å². The van der Waals surface area contributed by atoms with Crippen molar-refractivity contribution in [1.82, 2.24) is 15.1 Å². The first kappa shape index (κ1) is 15.8. The van der Waals surface area contributed by atoms with E-state index in [2.05, 4.69) is 36.1 Å². The number of hydrogen-bond donors (Lipinski definition) is 1. The van der Waals surface area contributed by atoms with Gasteiger partial charge in [0.05, 0.1) is 5.92 Å². The average molecular weight is 281 g/mol. The van der Waals surface area contributed by atoms with Gasteiger partial charge in [-0.1, -0.05) is 26.2 Å². The lowest BCUT2D eigenvalue weighted by molar-refractivity contribution is -0.125. The second kappa shape index (κ2) is 6.90. The molecule has 2 fully saturated rings. The Hall–Kier alpha value is -0.610. The molecule has 0 radical (unpaired) electrons. The molecule has 0 unspecified atom stereocenters. The van der Waals surface area contributed by atoms with Crippen LogP contribution in [0.2, 0.25) is 0 Å². The summed E-state index contributed by atoms with van der Waals surface area (Å²) in [5.41, 5.74) is 0.202. The van der Waals surface area contributed by atoms with Gasteiger partial charge in [0.1, 0.15) is 0 Å². The number of amides is 1. The molecule has 4 nitrogen and oxygen atoms in total. The van der Waals surface area contributed by atoms with Crippen molar-refractivity contribution in [3.05, 3.63) is 0 Å². The zero-order valence-corrected chi connectivity index (χ0v) is 13.5. The van der Waals surface area contributed by atoms with Crippen molar-refractivity contribution in [2.75, 3.05) is 40.3 Å². The van der Waals surface area contributed by atoms with Crippen LogP contribution in [0.15, 0.2) is 0 Å². The van der Waals surface area contributed by atoms with Crippen LogP contribution in [0.25, 0.3) is 0 Å². The highest BCUT2D eigenvalue weighted by Gasteiger charge is 2.36. The van der Waals surface area contributed by atoms with E-state index in [1.165, 1.54) is 32.1 Å². The van der Waals surface area contributed by atoms with Crippen molar-refractivity contribution in [1.29, 1.82) is 0 Å². The molecule has 1 heterocycles. The Kier molecular flexibility index (Phi) is 5.44. The molecule has 0 aromatic heterocycles. The first-order valence-electron chi connectivity index (χ1n) is 8.25. The fourth-order valence-corrected chi connectivity index (χ4v) is 3.78. The SMILES string of the molecule is CCN(C)C1(CNC(=O)[C@H]2CCN(C)C2)CCCCC1. The Morgan fingerprint density at radius 3 is 2.60 bits per heavy atom. The number of rotatable bonds is 5. The molecule has 4 heteroatoms. The normalized spacial score (nSPS) is 26.9. The molecule has 2 aliphatic rings. The third kappa shape index (κ3) is 3.53. The fraction of sp³-hybridized carbons (Fsp3) is 0.938. The number of carbonyl (C=O) groups is 1. The molecule has 1 aliphatic carbocycles. The molecule has 20 heavy (non-hydrogen) atoms. The van der Waals surface area contributed by atoms with Crippen LogP contribution in [0.4, 0.5) is 0 Å². The maximum absolute atomic E-state index is 12.3. The minimum absolute atomic E-state index is 0.201. The van der Waals surface area contributed by atoms with Crippen molar-refractivity contribution in [3.8, 4) is 0 Å². The van der Waals surface area contributed by atoms with Crippen LogP contribution in [0.1, 0.15) is 45.4 Å². The van der Waals surface area contributed by atoms with Gasteiger partial charge in [-0.25, -0.2) is 0 Å². The lowest BCUT2D eigenvalue weighted by atomic mass is 9.80. The van der Waals surface area contributed by atoms with Gasteiger partial charge in [-0.05, 0) is 46.4 Å². The Morgan fingerprint density at radius 1 is 1.35 bits per heavy atom. The third-order valence-corrected chi connectivity index (χ3v) is 5.42. The number of likely N-dealkylation sites (N-methyl/N-ethyl adjacent to an activating group) is 1. The van der Waals surface area contributed by atoms with E-state index < -0.39 is 0 Å². The molecule has 0 spiro atoms. The molecule has 0 aromatic carbocycles. The average Bonchev–Trinajstić information content (AvgIpc) is 2.91. The number of hydrogen-bond acceptors (Lipinski definition) is 3. The zero-order chi connectivity index (χ0) is 14.6. The van der Waals surface area contributed by atoms with E-state index in [1.807, 2.05) is 0 Å². The summed E-state index contributed by atoms with van der Waals surface area (Å²) in [6.45, 7) is 6.07. The Morgan fingerprint density at radius 2 is 2.05 bits per heavy atom. The van der Waals surface area contributed by atoms with Crippen LogP contribution in [-0.2, 0) is 4.79 Å². The quantitative estimate of drug-likeness (QED) is 0.833. The van der Waals surface area contributed by atoms with Crippen LogP contribution < -0.4 is 5.32 Å². The summed E-state index contributed by atoms with van der Waals surface area (Å²) in [5.74, 6) is 0.469. The van der Waals surface area contributed by atoms with Crippen LogP contribution in [-0.4, -0.2) is 61.5 Å². The molecule has 0 aromatic rings. The highest BCUT2D eigenvalue weighted by Crippen LogP contribution is 2.32. The highest BCUT2D eigenvalue weighted by molar-refractivity contribution is 5.79. The van der Waals surface area contributed by atoms with Crippen molar-refractivity contribution >= 4 is 5.91 Å². The van der Waals surface area contributed by atoms with Crippen LogP contribution in [0.3, 0.4) is 0 Å². The van der Waals surface area contributed by atoms with E-state index >= 15 is 0 Å². The third-order valence-electron chi connectivity index (χ3n) is 5.42. The van der Waals surface area contributed by atoms with E-state index in [4.69, 9.17) is 0 Å². The van der Waals surface area contributed by atoms with Crippen molar-refractivity contribution in [3.63, 3.8) is 0 Å². The first-order valence-corrected chi connectivity index (χ1v) is 8.25. The van der Waals surface area contributed by atoms with Gasteiger partial charge in [0.25, 0.3) is 0 Å². The molecule has 1 N–H and O–H groups in total. The van der Waals surface area contributed by atoms with E-state index in [9.17, 15) is 4.79 Å².